The molecule has 0 aliphatic heterocycles. The Morgan fingerprint density at radius 1 is 0.741 bits per heavy atom. The monoisotopic (exact) mass is 375 g/mol. The molecule has 3 heteroatoms. The van der Waals surface area contributed by atoms with Gasteiger partial charge in [0.05, 0.1) is 5.25 Å². The van der Waals surface area contributed by atoms with Gasteiger partial charge >= 0.3 is 0 Å². The Hall–Kier alpha value is -2.52. The Bertz CT molecular complexity index is 779. The summed E-state index contributed by atoms with van der Waals surface area (Å²) in [6.45, 7) is 3.27. The smallest absolute Gasteiger partial charge is 0.236 e. The molecule has 138 valence electrons. The minimum Gasteiger partial charge on any atom is -0.333 e. The fraction of sp³-hybridized carbons (Fsp3) is 0.208. The van der Waals surface area contributed by atoms with E-state index in [-0.39, 0.29) is 11.2 Å². The summed E-state index contributed by atoms with van der Waals surface area (Å²) in [4.78, 5) is 15.1. The van der Waals surface area contributed by atoms with Gasteiger partial charge in [-0.15, -0.1) is 11.8 Å². The molecule has 1 amide bonds. The summed E-state index contributed by atoms with van der Waals surface area (Å²) in [7, 11) is 0. The molecule has 0 aliphatic rings. The van der Waals surface area contributed by atoms with Gasteiger partial charge in [-0.05, 0) is 23.6 Å². The molecule has 0 unspecified atom stereocenters. The lowest BCUT2D eigenvalue weighted by molar-refractivity contribution is -0.131. The highest BCUT2D eigenvalue weighted by molar-refractivity contribution is 7.99. The molecule has 0 saturated heterocycles. The van der Waals surface area contributed by atoms with E-state index in [0.717, 1.165) is 16.9 Å². The zero-order valence-electron chi connectivity index (χ0n) is 15.6. The number of benzene rings is 3. The number of rotatable bonds is 8. The van der Waals surface area contributed by atoms with Crippen LogP contribution in [0.4, 0.5) is 0 Å². The summed E-state index contributed by atoms with van der Waals surface area (Å²) in [5.41, 5.74) is 3.56. The van der Waals surface area contributed by atoms with E-state index in [9.17, 15) is 4.79 Å². The summed E-state index contributed by atoms with van der Waals surface area (Å²) in [5, 5.41) is -0.0855. The zero-order chi connectivity index (χ0) is 18.9. The number of nitrogens with zero attached hydrogens (tertiary/aromatic N) is 1. The first-order valence-electron chi connectivity index (χ1n) is 9.24. The molecule has 0 fully saturated rings. The maximum Gasteiger partial charge on any atom is 0.236 e. The molecule has 1 atom stereocenters. The maximum absolute atomic E-state index is 13.2. The number of hydrogen-bond donors (Lipinski definition) is 0. The standard InChI is InChI=1S/C24H25NOS/c1-20(27-19-23-15-9-4-10-16-23)24(26)25(17-21-11-5-2-6-12-21)18-22-13-7-3-8-14-22/h2-16,20H,17-19H2,1H3/t20-/m0/s1. The summed E-state index contributed by atoms with van der Waals surface area (Å²) in [5.74, 6) is 1.03. The molecule has 3 rings (SSSR count). The zero-order valence-corrected chi connectivity index (χ0v) is 16.4. The van der Waals surface area contributed by atoms with Crippen LogP contribution in [0.15, 0.2) is 91.0 Å². The second-order valence-electron chi connectivity index (χ2n) is 6.60. The minimum atomic E-state index is -0.0855. The average molecular weight is 376 g/mol. The molecule has 3 aromatic carbocycles. The van der Waals surface area contributed by atoms with Crippen molar-refractivity contribution in [3.8, 4) is 0 Å². The quantitative estimate of drug-likeness (QED) is 0.515. The molecule has 0 aromatic heterocycles. The first kappa shape index (κ1) is 19.2. The van der Waals surface area contributed by atoms with E-state index >= 15 is 0 Å². The minimum absolute atomic E-state index is 0.0855. The van der Waals surface area contributed by atoms with Crippen molar-refractivity contribution in [2.45, 2.75) is 31.0 Å². The van der Waals surface area contributed by atoms with Crippen molar-refractivity contribution in [3.05, 3.63) is 108 Å². The third-order valence-corrected chi connectivity index (χ3v) is 5.64. The first-order chi connectivity index (χ1) is 13.2. The molecule has 0 N–H and O–H groups in total. The maximum atomic E-state index is 13.2. The van der Waals surface area contributed by atoms with Crippen LogP contribution in [0, 0.1) is 0 Å². The van der Waals surface area contributed by atoms with E-state index in [1.54, 1.807) is 11.8 Å². The van der Waals surface area contributed by atoms with Crippen molar-refractivity contribution in [1.29, 1.82) is 0 Å². The second kappa shape index (κ2) is 9.98. The topological polar surface area (TPSA) is 20.3 Å². The van der Waals surface area contributed by atoms with Gasteiger partial charge in [0, 0.05) is 18.8 Å². The number of hydrogen-bond acceptors (Lipinski definition) is 2. The fourth-order valence-electron chi connectivity index (χ4n) is 2.94. The van der Waals surface area contributed by atoms with Gasteiger partial charge in [0.15, 0.2) is 0 Å². The highest BCUT2D eigenvalue weighted by Crippen LogP contribution is 2.21. The molecule has 0 spiro atoms. The first-order valence-corrected chi connectivity index (χ1v) is 10.3. The summed E-state index contributed by atoms with van der Waals surface area (Å²) >= 11 is 1.70. The molecule has 0 saturated carbocycles. The van der Waals surface area contributed by atoms with E-state index in [2.05, 4.69) is 36.4 Å². The van der Waals surface area contributed by atoms with Crippen molar-refractivity contribution in [1.82, 2.24) is 4.90 Å². The third kappa shape index (κ3) is 6.00. The van der Waals surface area contributed by atoms with Crippen molar-refractivity contribution >= 4 is 17.7 Å². The predicted molar refractivity (Wildman–Crippen MR) is 114 cm³/mol. The Kier molecular flexibility index (Phi) is 7.11. The van der Waals surface area contributed by atoms with Crippen LogP contribution in [0.5, 0.6) is 0 Å². The number of amides is 1. The molecule has 27 heavy (non-hydrogen) atoms. The fourth-order valence-corrected chi connectivity index (χ4v) is 3.87. The van der Waals surface area contributed by atoms with Crippen LogP contribution < -0.4 is 0 Å². The number of carbonyl (C=O) groups excluding carboxylic acids is 1. The van der Waals surface area contributed by atoms with E-state index in [4.69, 9.17) is 0 Å². The van der Waals surface area contributed by atoms with Gasteiger partial charge in [-0.25, -0.2) is 0 Å². The summed E-state index contributed by atoms with van der Waals surface area (Å²) < 4.78 is 0. The highest BCUT2D eigenvalue weighted by atomic mass is 32.2. The van der Waals surface area contributed by atoms with Crippen LogP contribution in [0.25, 0.3) is 0 Å². The molecular formula is C24H25NOS. The van der Waals surface area contributed by atoms with E-state index in [0.29, 0.717) is 13.1 Å². The van der Waals surface area contributed by atoms with Gasteiger partial charge in [-0.1, -0.05) is 91.0 Å². The van der Waals surface area contributed by atoms with E-state index < -0.39 is 0 Å². The van der Waals surface area contributed by atoms with Gasteiger partial charge in [-0.3, -0.25) is 4.79 Å². The Morgan fingerprint density at radius 3 is 1.59 bits per heavy atom. The second-order valence-corrected chi connectivity index (χ2v) is 7.93. The van der Waals surface area contributed by atoms with Crippen molar-refractivity contribution in [2.75, 3.05) is 0 Å². The van der Waals surface area contributed by atoms with Gasteiger partial charge in [-0.2, -0.15) is 0 Å². The Morgan fingerprint density at radius 2 is 1.15 bits per heavy atom. The predicted octanol–water partition coefficient (Wildman–Crippen LogP) is 5.54. The molecule has 2 nitrogen and oxygen atoms in total. The SMILES string of the molecule is C[C@H](SCc1ccccc1)C(=O)N(Cc1ccccc1)Cc1ccccc1. The molecular weight excluding hydrogens is 350 g/mol. The van der Waals surface area contributed by atoms with Crippen LogP contribution in [-0.4, -0.2) is 16.1 Å². The van der Waals surface area contributed by atoms with Gasteiger partial charge in [0.1, 0.15) is 0 Å². The number of thioether (sulfide) groups is 1. The average Bonchev–Trinajstić information content (AvgIpc) is 2.73. The lowest BCUT2D eigenvalue weighted by atomic mass is 10.1. The lowest BCUT2D eigenvalue weighted by Crippen LogP contribution is -2.35. The van der Waals surface area contributed by atoms with E-state index in [1.807, 2.05) is 66.4 Å². The summed E-state index contributed by atoms with van der Waals surface area (Å²) in [6, 6.07) is 30.7. The molecule has 3 aromatic rings. The van der Waals surface area contributed by atoms with Crippen LogP contribution in [0.2, 0.25) is 0 Å². The van der Waals surface area contributed by atoms with Crippen molar-refractivity contribution in [3.63, 3.8) is 0 Å². The lowest BCUT2D eigenvalue weighted by Gasteiger charge is -2.26. The van der Waals surface area contributed by atoms with Crippen LogP contribution in [-0.2, 0) is 23.6 Å². The van der Waals surface area contributed by atoms with Crippen molar-refractivity contribution < 1.29 is 4.79 Å². The highest BCUT2D eigenvalue weighted by Gasteiger charge is 2.21. The van der Waals surface area contributed by atoms with Crippen LogP contribution in [0.3, 0.4) is 0 Å². The van der Waals surface area contributed by atoms with Crippen molar-refractivity contribution in [2.24, 2.45) is 0 Å². The Labute approximate surface area is 166 Å². The largest absolute Gasteiger partial charge is 0.333 e. The van der Waals surface area contributed by atoms with Gasteiger partial charge in [0.25, 0.3) is 0 Å². The molecule has 0 radical (unpaired) electrons. The third-order valence-electron chi connectivity index (χ3n) is 4.43. The summed E-state index contributed by atoms with van der Waals surface area (Å²) in [6.07, 6.45) is 0. The molecule has 0 heterocycles. The Balaban J connectivity index is 1.69. The van der Waals surface area contributed by atoms with Gasteiger partial charge in [0.2, 0.25) is 5.91 Å². The van der Waals surface area contributed by atoms with Crippen LogP contribution >= 0.6 is 11.8 Å². The normalized spacial score (nSPS) is 11.7. The molecule has 0 bridgehead atoms. The van der Waals surface area contributed by atoms with E-state index in [1.165, 1.54) is 5.56 Å². The molecule has 0 aliphatic carbocycles. The number of carbonyl (C=O) groups is 1. The van der Waals surface area contributed by atoms with Crippen LogP contribution in [0.1, 0.15) is 23.6 Å². The van der Waals surface area contributed by atoms with Gasteiger partial charge < -0.3 is 4.90 Å².